The molecule has 5 rings (SSSR count). The first-order valence-electron chi connectivity index (χ1n) is 15.5. The SMILES string of the molecule is COCC1(C)C(OC)C(OC)C[C@@]2(C)C1CC[C@]1(C)[C@@H]2CC=C2[C@H]3CC(C)(C)CC[C@]3(C(C)=O)CC[C@]21C. The first-order valence-corrected chi connectivity index (χ1v) is 15.5. The molecule has 5 aliphatic rings. The number of carbonyl (C=O) groups excluding carboxylic acids is 1. The number of rotatable bonds is 5. The summed E-state index contributed by atoms with van der Waals surface area (Å²) < 4.78 is 18.3. The van der Waals surface area contributed by atoms with Gasteiger partial charge in [-0.1, -0.05) is 53.2 Å². The second-order valence-electron chi connectivity index (χ2n) is 16.0. The molecule has 0 aromatic carbocycles. The summed E-state index contributed by atoms with van der Waals surface area (Å²) in [6.45, 7) is 17.7. The molecule has 0 aromatic heterocycles. The van der Waals surface area contributed by atoms with E-state index in [-0.39, 0.29) is 39.3 Å². The molecular weight excluding hydrogens is 472 g/mol. The normalized spacial score (nSPS) is 51.6. The largest absolute Gasteiger partial charge is 0.384 e. The molecule has 0 spiro atoms. The first kappa shape index (κ1) is 28.8. The molecule has 5 aliphatic carbocycles. The molecule has 0 bridgehead atoms. The number of carbonyl (C=O) groups is 1. The van der Waals surface area contributed by atoms with Gasteiger partial charge in [0.25, 0.3) is 0 Å². The minimum absolute atomic E-state index is 0.0375. The van der Waals surface area contributed by atoms with Crippen molar-refractivity contribution < 1.29 is 19.0 Å². The van der Waals surface area contributed by atoms with Crippen molar-refractivity contribution in [2.75, 3.05) is 27.9 Å². The van der Waals surface area contributed by atoms with Crippen molar-refractivity contribution in [2.24, 2.45) is 50.2 Å². The van der Waals surface area contributed by atoms with Crippen LogP contribution in [0.5, 0.6) is 0 Å². The molecule has 0 aliphatic heterocycles. The lowest BCUT2D eigenvalue weighted by molar-refractivity contribution is -0.254. The van der Waals surface area contributed by atoms with E-state index in [9.17, 15) is 4.79 Å². The van der Waals surface area contributed by atoms with Crippen LogP contribution in [0.2, 0.25) is 0 Å². The highest BCUT2D eigenvalue weighted by Crippen LogP contribution is 2.76. The third kappa shape index (κ3) is 3.60. The van der Waals surface area contributed by atoms with Gasteiger partial charge in [-0.25, -0.2) is 0 Å². The Morgan fingerprint density at radius 3 is 2.18 bits per heavy atom. The number of methoxy groups -OCH3 is 3. The molecule has 0 aromatic rings. The Kier molecular flexibility index (Phi) is 6.93. The third-order valence-corrected chi connectivity index (χ3v) is 14.0. The Balaban J connectivity index is 1.60. The van der Waals surface area contributed by atoms with Crippen molar-refractivity contribution in [3.8, 4) is 0 Å². The van der Waals surface area contributed by atoms with Crippen LogP contribution in [0, 0.1) is 50.2 Å². The van der Waals surface area contributed by atoms with Crippen LogP contribution < -0.4 is 0 Å². The molecule has 38 heavy (non-hydrogen) atoms. The van der Waals surface area contributed by atoms with Gasteiger partial charge in [0, 0.05) is 32.2 Å². The summed E-state index contributed by atoms with van der Waals surface area (Å²) in [5.41, 5.74) is 2.21. The standard InChI is InChI=1S/C34H56O4/c1-22(35)34-17-15-29(2,3)19-24(34)23-11-12-27-30(4)20-25(37-9)28(38-10)31(5,21-36-8)26(30)13-14-33(27,7)32(23,6)16-18-34/h11,24-28H,12-21H2,1-10H3/t24-,25?,26?,27-,28?,30+,31?,32-,33-,34-/m1/s1. The van der Waals surface area contributed by atoms with Crippen molar-refractivity contribution in [3.05, 3.63) is 11.6 Å². The maximum Gasteiger partial charge on any atom is 0.136 e. The summed E-state index contributed by atoms with van der Waals surface area (Å²) in [4.78, 5) is 13.3. The molecular formula is C34H56O4. The molecule has 0 radical (unpaired) electrons. The lowest BCUT2D eigenvalue weighted by atomic mass is 9.33. The molecule has 4 unspecified atom stereocenters. The fourth-order valence-electron chi connectivity index (χ4n) is 11.9. The molecule has 0 saturated heterocycles. The van der Waals surface area contributed by atoms with Crippen LogP contribution in [0.15, 0.2) is 11.6 Å². The second-order valence-corrected chi connectivity index (χ2v) is 16.0. The Hall–Kier alpha value is -0.710. The fourth-order valence-corrected chi connectivity index (χ4v) is 11.9. The smallest absolute Gasteiger partial charge is 0.136 e. The van der Waals surface area contributed by atoms with E-state index in [4.69, 9.17) is 14.2 Å². The highest BCUT2D eigenvalue weighted by molar-refractivity contribution is 5.84. The van der Waals surface area contributed by atoms with Crippen LogP contribution in [0.1, 0.15) is 106 Å². The van der Waals surface area contributed by atoms with Crippen LogP contribution in [0.25, 0.3) is 0 Å². The Morgan fingerprint density at radius 1 is 0.895 bits per heavy atom. The summed E-state index contributed by atoms with van der Waals surface area (Å²) in [7, 11) is 5.55. The molecule has 216 valence electrons. The van der Waals surface area contributed by atoms with E-state index < -0.39 is 0 Å². The molecule has 0 amide bonds. The Morgan fingerprint density at radius 2 is 1.58 bits per heavy atom. The minimum Gasteiger partial charge on any atom is -0.384 e. The zero-order valence-corrected chi connectivity index (χ0v) is 26.2. The monoisotopic (exact) mass is 528 g/mol. The zero-order valence-electron chi connectivity index (χ0n) is 26.2. The summed E-state index contributed by atoms with van der Waals surface area (Å²) in [5, 5.41) is 0. The molecule has 4 fully saturated rings. The lowest BCUT2D eigenvalue weighted by Crippen LogP contribution is -2.68. The average molecular weight is 529 g/mol. The lowest BCUT2D eigenvalue weighted by Gasteiger charge is -2.72. The van der Waals surface area contributed by atoms with Gasteiger partial charge < -0.3 is 14.2 Å². The number of ether oxygens (including phenoxy) is 3. The second kappa shape index (κ2) is 9.15. The van der Waals surface area contributed by atoms with Crippen LogP contribution in [-0.2, 0) is 19.0 Å². The average Bonchev–Trinajstić information content (AvgIpc) is 2.83. The quantitative estimate of drug-likeness (QED) is 0.344. The summed E-state index contributed by atoms with van der Waals surface area (Å²) in [6.07, 6.45) is 13.0. The summed E-state index contributed by atoms with van der Waals surface area (Å²) >= 11 is 0. The third-order valence-electron chi connectivity index (χ3n) is 14.0. The van der Waals surface area contributed by atoms with E-state index in [1.165, 1.54) is 19.3 Å². The van der Waals surface area contributed by atoms with Gasteiger partial charge in [0.05, 0.1) is 18.8 Å². The first-order chi connectivity index (χ1) is 17.7. The highest BCUT2D eigenvalue weighted by Gasteiger charge is 2.70. The van der Waals surface area contributed by atoms with Gasteiger partial charge >= 0.3 is 0 Å². The Labute approximate surface area is 233 Å². The van der Waals surface area contributed by atoms with Crippen molar-refractivity contribution in [1.29, 1.82) is 0 Å². The zero-order chi connectivity index (χ0) is 27.9. The van der Waals surface area contributed by atoms with Crippen molar-refractivity contribution in [3.63, 3.8) is 0 Å². The van der Waals surface area contributed by atoms with Gasteiger partial charge in [-0.2, -0.15) is 0 Å². The number of hydrogen-bond acceptors (Lipinski definition) is 4. The fraction of sp³-hybridized carbons (Fsp3) is 0.912. The van der Waals surface area contributed by atoms with Crippen LogP contribution in [0.4, 0.5) is 0 Å². The van der Waals surface area contributed by atoms with E-state index >= 15 is 0 Å². The minimum atomic E-state index is -0.139. The highest BCUT2D eigenvalue weighted by atomic mass is 16.5. The number of fused-ring (bicyclic) bond motifs is 7. The van der Waals surface area contributed by atoms with Gasteiger partial charge in [0.15, 0.2) is 0 Å². The molecule has 4 heteroatoms. The van der Waals surface area contributed by atoms with Gasteiger partial charge in [-0.05, 0) is 104 Å². The molecule has 4 saturated carbocycles. The number of allylic oxidation sites excluding steroid dienone is 2. The topological polar surface area (TPSA) is 44.8 Å². The molecule has 0 N–H and O–H groups in total. The number of Topliss-reactive ketones (excluding diaryl/α,β-unsaturated/α-hetero) is 1. The number of hydrogen-bond donors (Lipinski definition) is 0. The predicted octanol–water partition coefficient (Wildman–Crippen LogP) is 7.64. The van der Waals surface area contributed by atoms with Crippen molar-refractivity contribution in [1.82, 2.24) is 0 Å². The van der Waals surface area contributed by atoms with Gasteiger partial charge in [0.1, 0.15) is 5.78 Å². The van der Waals surface area contributed by atoms with Crippen molar-refractivity contribution >= 4 is 5.78 Å². The summed E-state index contributed by atoms with van der Waals surface area (Å²) in [5.74, 6) is 1.95. The van der Waals surface area contributed by atoms with Crippen molar-refractivity contribution in [2.45, 2.75) is 118 Å². The molecule has 10 atom stereocenters. The van der Waals surface area contributed by atoms with E-state index in [1.807, 2.05) is 28.3 Å². The van der Waals surface area contributed by atoms with Gasteiger partial charge in [0.2, 0.25) is 0 Å². The maximum atomic E-state index is 13.3. The summed E-state index contributed by atoms with van der Waals surface area (Å²) in [6, 6.07) is 0. The Bertz CT molecular complexity index is 985. The predicted molar refractivity (Wildman–Crippen MR) is 153 cm³/mol. The van der Waals surface area contributed by atoms with E-state index in [0.717, 1.165) is 38.5 Å². The molecule has 0 heterocycles. The molecule has 4 nitrogen and oxygen atoms in total. The van der Waals surface area contributed by atoms with Crippen LogP contribution >= 0.6 is 0 Å². The van der Waals surface area contributed by atoms with E-state index in [2.05, 4.69) is 47.6 Å². The van der Waals surface area contributed by atoms with Gasteiger partial charge in [-0.3, -0.25) is 4.79 Å². The van der Waals surface area contributed by atoms with Crippen LogP contribution in [-0.4, -0.2) is 45.9 Å². The van der Waals surface area contributed by atoms with Gasteiger partial charge in [-0.15, -0.1) is 0 Å². The van der Waals surface area contributed by atoms with Crippen LogP contribution in [0.3, 0.4) is 0 Å². The number of ketones is 1. The van der Waals surface area contributed by atoms with E-state index in [1.54, 1.807) is 5.57 Å². The van der Waals surface area contributed by atoms with E-state index in [0.29, 0.717) is 35.6 Å². The maximum absolute atomic E-state index is 13.3.